The lowest BCUT2D eigenvalue weighted by Crippen LogP contribution is -2.45. The van der Waals surface area contributed by atoms with E-state index < -0.39 is 10.0 Å². The zero-order valence-corrected chi connectivity index (χ0v) is 13.3. The van der Waals surface area contributed by atoms with Gasteiger partial charge in [0.05, 0.1) is 11.5 Å². The van der Waals surface area contributed by atoms with Gasteiger partial charge in [-0.1, -0.05) is 24.6 Å². The van der Waals surface area contributed by atoms with Gasteiger partial charge in [-0.3, -0.25) is 0 Å². The Bertz CT molecular complexity index is 588. The molecule has 2 atom stereocenters. The van der Waals surface area contributed by atoms with Gasteiger partial charge in [0.2, 0.25) is 10.0 Å². The standard InChI is InChI=1S/C14H20ClNO3S/c1-10-4-3-7-16(11(10)2)20(18,19)13-6-5-12(9-17)14(15)8-13/h5-6,8,10-11,17H,3-4,7,9H2,1-2H3. The van der Waals surface area contributed by atoms with Crippen molar-refractivity contribution in [2.45, 2.75) is 44.2 Å². The molecule has 0 saturated carbocycles. The summed E-state index contributed by atoms with van der Waals surface area (Å²) in [6, 6.07) is 4.49. The molecule has 1 aromatic carbocycles. The van der Waals surface area contributed by atoms with Crippen LogP contribution in [0.3, 0.4) is 0 Å². The average molecular weight is 318 g/mol. The minimum atomic E-state index is -3.52. The number of hydrogen-bond donors (Lipinski definition) is 1. The first kappa shape index (κ1) is 15.8. The number of aliphatic hydroxyl groups excluding tert-OH is 1. The van der Waals surface area contributed by atoms with E-state index in [0.717, 1.165) is 12.8 Å². The smallest absolute Gasteiger partial charge is 0.243 e. The zero-order chi connectivity index (χ0) is 14.9. The highest BCUT2D eigenvalue weighted by atomic mass is 35.5. The highest BCUT2D eigenvalue weighted by Crippen LogP contribution is 2.30. The maximum absolute atomic E-state index is 12.7. The van der Waals surface area contributed by atoms with Crippen molar-refractivity contribution in [1.29, 1.82) is 0 Å². The topological polar surface area (TPSA) is 57.6 Å². The van der Waals surface area contributed by atoms with Gasteiger partial charge in [-0.15, -0.1) is 0 Å². The van der Waals surface area contributed by atoms with E-state index in [9.17, 15) is 8.42 Å². The number of nitrogens with zero attached hydrogens (tertiary/aromatic N) is 1. The average Bonchev–Trinajstić information content (AvgIpc) is 2.41. The molecule has 1 heterocycles. The van der Waals surface area contributed by atoms with Crippen LogP contribution >= 0.6 is 11.6 Å². The highest BCUT2D eigenvalue weighted by molar-refractivity contribution is 7.89. The van der Waals surface area contributed by atoms with E-state index in [0.29, 0.717) is 18.0 Å². The lowest BCUT2D eigenvalue weighted by molar-refractivity contribution is 0.202. The van der Waals surface area contributed by atoms with E-state index >= 15 is 0 Å². The summed E-state index contributed by atoms with van der Waals surface area (Å²) in [6.45, 7) is 4.38. The Morgan fingerprint density at radius 3 is 2.70 bits per heavy atom. The lowest BCUT2D eigenvalue weighted by atomic mass is 9.94. The van der Waals surface area contributed by atoms with Gasteiger partial charge in [-0.05, 0) is 43.4 Å². The Labute approximate surface area is 125 Å². The molecule has 2 rings (SSSR count). The fourth-order valence-corrected chi connectivity index (χ4v) is 4.69. The van der Waals surface area contributed by atoms with Crippen LogP contribution < -0.4 is 0 Å². The van der Waals surface area contributed by atoms with Crippen LogP contribution in [0.4, 0.5) is 0 Å². The Morgan fingerprint density at radius 2 is 2.10 bits per heavy atom. The van der Waals surface area contributed by atoms with Gasteiger partial charge < -0.3 is 5.11 Å². The van der Waals surface area contributed by atoms with Gasteiger partial charge in [0.1, 0.15) is 0 Å². The summed E-state index contributed by atoms with van der Waals surface area (Å²) in [6.07, 6.45) is 1.94. The van der Waals surface area contributed by atoms with E-state index in [4.69, 9.17) is 16.7 Å². The number of piperidine rings is 1. The van der Waals surface area contributed by atoms with Crippen LogP contribution in [0.25, 0.3) is 0 Å². The van der Waals surface area contributed by atoms with Crippen molar-refractivity contribution < 1.29 is 13.5 Å². The first-order valence-corrected chi connectivity index (χ1v) is 8.61. The van der Waals surface area contributed by atoms with Crippen molar-refractivity contribution in [2.75, 3.05) is 6.54 Å². The van der Waals surface area contributed by atoms with Crippen molar-refractivity contribution in [1.82, 2.24) is 4.31 Å². The fraction of sp³-hybridized carbons (Fsp3) is 0.571. The van der Waals surface area contributed by atoms with E-state index in [2.05, 4.69) is 6.92 Å². The molecule has 1 N–H and O–H groups in total. The van der Waals surface area contributed by atoms with Crippen LogP contribution in [0, 0.1) is 5.92 Å². The van der Waals surface area contributed by atoms with Gasteiger partial charge in [0, 0.05) is 17.6 Å². The normalized spacial score (nSPS) is 24.8. The van der Waals surface area contributed by atoms with Crippen molar-refractivity contribution in [2.24, 2.45) is 5.92 Å². The molecule has 1 aliphatic rings. The third-order valence-electron chi connectivity index (χ3n) is 4.12. The second-order valence-electron chi connectivity index (χ2n) is 5.39. The Morgan fingerprint density at radius 1 is 1.40 bits per heavy atom. The maximum Gasteiger partial charge on any atom is 0.243 e. The molecule has 6 heteroatoms. The molecule has 1 aromatic rings. The lowest BCUT2D eigenvalue weighted by Gasteiger charge is -2.36. The van der Waals surface area contributed by atoms with Crippen molar-refractivity contribution in [3.8, 4) is 0 Å². The second-order valence-corrected chi connectivity index (χ2v) is 7.68. The largest absolute Gasteiger partial charge is 0.392 e. The van der Waals surface area contributed by atoms with E-state index in [1.165, 1.54) is 12.1 Å². The summed E-state index contributed by atoms with van der Waals surface area (Å²) in [5.41, 5.74) is 0.533. The van der Waals surface area contributed by atoms with Crippen molar-refractivity contribution >= 4 is 21.6 Å². The Balaban J connectivity index is 2.37. The van der Waals surface area contributed by atoms with Crippen LogP contribution in [-0.4, -0.2) is 30.4 Å². The molecule has 1 saturated heterocycles. The van der Waals surface area contributed by atoms with E-state index in [1.54, 1.807) is 10.4 Å². The molecule has 2 unspecified atom stereocenters. The fourth-order valence-electron chi connectivity index (χ4n) is 2.59. The maximum atomic E-state index is 12.7. The summed E-state index contributed by atoms with van der Waals surface area (Å²) in [5, 5.41) is 9.38. The van der Waals surface area contributed by atoms with Crippen molar-refractivity contribution in [3.63, 3.8) is 0 Å². The first-order valence-electron chi connectivity index (χ1n) is 6.79. The number of halogens is 1. The zero-order valence-electron chi connectivity index (χ0n) is 11.7. The quantitative estimate of drug-likeness (QED) is 0.932. The summed E-state index contributed by atoms with van der Waals surface area (Å²) in [5.74, 6) is 0.353. The van der Waals surface area contributed by atoms with Crippen molar-refractivity contribution in [3.05, 3.63) is 28.8 Å². The molecule has 112 valence electrons. The SMILES string of the molecule is CC1CCCN(S(=O)(=O)c2ccc(CO)c(Cl)c2)C1C. The monoisotopic (exact) mass is 317 g/mol. The minimum absolute atomic E-state index is 0.00922. The number of sulfonamides is 1. The Hall–Kier alpha value is -0.620. The van der Waals surface area contributed by atoms with Crippen LogP contribution in [0.15, 0.2) is 23.1 Å². The molecule has 0 radical (unpaired) electrons. The molecule has 0 bridgehead atoms. The van der Waals surface area contributed by atoms with Crippen LogP contribution in [0.1, 0.15) is 32.3 Å². The number of rotatable bonds is 3. The molecule has 0 aliphatic carbocycles. The number of aliphatic hydroxyl groups is 1. The summed E-state index contributed by atoms with van der Waals surface area (Å²) >= 11 is 6.00. The second kappa shape index (κ2) is 6.02. The van der Waals surface area contributed by atoms with Gasteiger partial charge in [-0.25, -0.2) is 8.42 Å². The van der Waals surface area contributed by atoms with Crippen LogP contribution in [-0.2, 0) is 16.6 Å². The van der Waals surface area contributed by atoms with Crippen LogP contribution in [0.5, 0.6) is 0 Å². The highest BCUT2D eigenvalue weighted by Gasteiger charge is 2.34. The molecule has 4 nitrogen and oxygen atoms in total. The molecule has 20 heavy (non-hydrogen) atoms. The Kier molecular flexibility index (Phi) is 4.74. The van der Waals surface area contributed by atoms with Gasteiger partial charge in [-0.2, -0.15) is 4.31 Å². The van der Waals surface area contributed by atoms with Gasteiger partial charge in [0.25, 0.3) is 0 Å². The number of benzene rings is 1. The van der Waals surface area contributed by atoms with E-state index in [-0.39, 0.29) is 22.6 Å². The summed E-state index contributed by atoms with van der Waals surface area (Å²) < 4.78 is 27.0. The molecule has 0 spiro atoms. The molecular formula is C14H20ClNO3S. The predicted molar refractivity (Wildman–Crippen MR) is 79.1 cm³/mol. The summed E-state index contributed by atoms with van der Waals surface area (Å²) in [7, 11) is -3.52. The third-order valence-corrected chi connectivity index (χ3v) is 6.45. The molecule has 0 aromatic heterocycles. The minimum Gasteiger partial charge on any atom is -0.392 e. The summed E-state index contributed by atoms with van der Waals surface area (Å²) in [4.78, 5) is 0.195. The molecule has 0 amide bonds. The first-order chi connectivity index (χ1) is 9.37. The van der Waals surface area contributed by atoms with Gasteiger partial charge in [0.15, 0.2) is 0 Å². The molecule has 1 fully saturated rings. The third kappa shape index (κ3) is 2.86. The molecular weight excluding hydrogens is 298 g/mol. The van der Waals surface area contributed by atoms with E-state index in [1.807, 2.05) is 6.92 Å². The van der Waals surface area contributed by atoms with Crippen LogP contribution in [0.2, 0.25) is 5.02 Å². The molecule has 1 aliphatic heterocycles. The predicted octanol–water partition coefficient (Wildman–Crippen LogP) is 2.64. The number of hydrogen-bond acceptors (Lipinski definition) is 3. The van der Waals surface area contributed by atoms with Gasteiger partial charge >= 0.3 is 0 Å².